The van der Waals surface area contributed by atoms with E-state index in [2.05, 4.69) is 5.32 Å². The van der Waals surface area contributed by atoms with E-state index in [4.69, 9.17) is 0 Å². The number of anilines is 1. The van der Waals surface area contributed by atoms with Crippen LogP contribution in [-0.2, 0) is 26.2 Å². The maximum Gasteiger partial charge on any atom is 0.264 e. The lowest BCUT2D eigenvalue weighted by molar-refractivity contribution is -0.140. The molecule has 3 aromatic rings. The fourth-order valence-corrected chi connectivity index (χ4v) is 5.91. The predicted octanol–water partition coefficient (Wildman–Crippen LogP) is 4.75. The minimum atomic E-state index is -4.09. The number of nitrogens with one attached hydrogen (secondary N) is 1. The van der Waals surface area contributed by atoms with Gasteiger partial charge in [-0.3, -0.25) is 13.9 Å². The maximum absolute atomic E-state index is 14.0. The Labute approximate surface area is 226 Å². The second-order valence-electron chi connectivity index (χ2n) is 9.44. The molecule has 0 heterocycles. The number of benzene rings is 3. The van der Waals surface area contributed by atoms with Gasteiger partial charge in [0.2, 0.25) is 11.8 Å². The molecule has 1 atom stereocenters. The molecule has 3 aromatic carbocycles. The van der Waals surface area contributed by atoms with Gasteiger partial charge in [0.05, 0.1) is 10.6 Å². The Morgan fingerprint density at radius 3 is 2.08 bits per heavy atom. The Hall–Kier alpha value is -3.65. The van der Waals surface area contributed by atoms with E-state index < -0.39 is 28.5 Å². The zero-order valence-electron chi connectivity index (χ0n) is 22.8. The van der Waals surface area contributed by atoms with Crippen LogP contribution >= 0.6 is 0 Å². The molecule has 0 aliphatic rings. The third-order valence-corrected chi connectivity index (χ3v) is 8.22. The van der Waals surface area contributed by atoms with E-state index in [1.165, 1.54) is 4.90 Å². The Kier molecular flexibility index (Phi) is 9.69. The zero-order chi connectivity index (χ0) is 27.9. The number of amides is 2. The van der Waals surface area contributed by atoms with Gasteiger partial charge in [-0.05, 0) is 63.4 Å². The summed E-state index contributed by atoms with van der Waals surface area (Å²) in [4.78, 5) is 28.5. The Balaban J connectivity index is 2.08. The number of likely N-dealkylation sites (N-methyl/N-ethyl adjacent to an activating group) is 1. The average molecular weight is 536 g/mol. The Bertz CT molecular complexity index is 1360. The first-order chi connectivity index (χ1) is 18.1. The third kappa shape index (κ3) is 6.81. The second-order valence-corrected chi connectivity index (χ2v) is 11.3. The van der Waals surface area contributed by atoms with E-state index in [0.717, 1.165) is 26.6 Å². The first-order valence-corrected chi connectivity index (χ1v) is 14.3. The van der Waals surface area contributed by atoms with E-state index in [9.17, 15) is 18.0 Å². The molecule has 0 saturated carbocycles. The van der Waals surface area contributed by atoms with Gasteiger partial charge < -0.3 is 10.2 Å². The largest absolute Gasteiger partial charge is 0.355 e. The van der Waals surface area contributed by atoms with Gasteiger partial charge in [0.15, 0.2) is 0 Å². The van der Waals surface area contributed by atoms with Crippen molar-refractivity contribution in [3.8, 4) is 0 Å². The van der Waals surface area contributed by atoms with Gasteiger partial charge in [0.25, 0.3) is 10.0 Å². The van der Waals surface area contributed by atoms with Crippen molar-refractivity contribution in [2.75, 3.05) is 17.4 Å². The SMILES string of the molecule is CCNC(=O)[C@@H](CC)N(Cc1ccccc1)C(=O)CN(c1ccc(C)cc1C)S(=O)(=O)c1ccc(C)cc1. The summed E-state index contributed by atoms with van der Waals surface area (Å²) in [7, 11) is -4.09. The molecule has 38 heavy (non-hydrogen) atoms. The molecule has 8 heteroatoms. The lowest BCUT2D eigenvalue weighted by Gasteiger charge is -2.33. The van der Waals surface area contributed by atoms with Crippen LogP contribution in [0.2, 0.25) is 0 Å². The number of nitrogens with zero attached hydrogens (tertiary/aromatic N) is 2. The highest BCUT2D eigenvalue weighted by molar-refractivity contribution is 7.92. The minimum Gasteiger partial charge on any atom is -0.355 e. The molecule has 0 aliphatic carbocycles. The van der Waals surface area contributed by atoms with Crippen molar-refractivity contribution in [2.45, 2.75) is 58.5 Å². The van der Waals surface area contributed by atoms with Crippen LogP contribution in [-0.4, -0.2) is 44.3 Å². The van der Waals surface area contributed by atoms with Crippen LogP contribution in [0.25, 0.3) is 0 Å². The van der Waals surface area contributed by atoms with Crippen LogP contribution in [0.15, 0.2) is 77.7 Å². The Morgan fingerprint density at radius 2 is 1.50 bits per heavy atom. The summed E-state index contributed by atoms with van der Waals surface area (Å²) in [5, 5.41) is 2.81. The molecule has 2 amide bonds. The normalized spacial score (nSPS) is 12.0. The zero-order valence-corrected chi connectivity index (χ0v) is 23.6. The number of hydrogen-bond donors (Lipinski definition) is 1. The molecule has 1 N–H and O–H groups in total. The second kappa shape index (κ2) is 12.7. The van der Waals surface area contributed by atoms with Gasteiger partial charge in [0.1, 0.15) is 12.6 Å². The van der Waals surface area contributed by atoms with Gasteiger partial charge >= 0.3 is 0 Å². The molecule has 0 saturated heterocycles. The number of sulfonamides is 1. The fraction of sp³-hybridized carbons (Fsp3) is 0.333. The number of carbonyl (C=O) groups is 2. The van der Waals surface area contributed by atoms with Crippen LogP contribution < -0.4 is 9.62 Å². The van der Waals surface area contributed by atoms with Crippen LogP contribution in [0.4, 0.5) is 5.69 Å². The predicted molar refractivity (Wildman–Crippen MR) is 151 cm³/mol. The molecule has 7 nitrogen and oxygen atoms in total. The van der Waals surface area contributed by atoms with Crippen molar-refractivity contribution in [1.29, 1.82) is 0 Å². The molecule has 0 spiro atoms. The minimum absolute atomic E-state index is 0.0984. The molecule has 0 bridgehead atoms. The van der Waals surface area contributed by atoms with E-state index in [-0.39, 0.29) is 17.3 Å². The summed E-state index contributed by atoms with van der Waals surface area (Å²) in [5.74, 6) is -0.721. The highest BCUT2D eigenvalue weighted by Gasteiger charge is 2.34. The van der Waals surface area contributed by atoms with Gasteiger partial charge in [-0.2, -0.15) is 0 Å². The lowest BCUT2D eigenvalue weighted by atomic mass is 10.1. The molecule has 0 unspecified atom stereocenters. The van der Waals surface area contributed by atoms with E-state index >= 15 is 0 Å². The molecule has 0 radical (unpaired) electrons. The molecule has 3 rings (SSSR count). The van der Waals surface area contributed by atoms with E-state index in [1.807, 2.05) is 77.1 Å². The van der Waals surface area contributed by atoms with Gasteiger partial charge in [-0.25, -0.2) is 8.42 Å². The summed E-state index contributed by atoms with van der Waals surface area (Å²) in [6.45, 7) is 9.48. The van der Waals surface area contributed by atoms with Crippen molar-refractivity contribution in [3.05, 3.63) is 95.1 Å². The number of hydrogen-bond acceptors (Lipinski definition) is 4. The van der Waals surface area contributed by atoms with Crippen molar-refractivity contribution in [3.63, 3.8) is 0 Å². The first kappa shape index (κ1) is 28.9. The highest BCUT2D eigenvalue weighted by atomic mass is 32.2. The van der Waals surface area contributed by atoms with E-state index in [1.54, 1.807) is 30.3 Å². The Morgan fingerprint density at radius 1 is 0.868 bits per heavy atom. The third-order valence-electron chi connectivity index (χ3n) is 6.44. The summed E-state index contributed by atoms with van der Waals surface area (Å²) in [6.07, 6.45) is 0.388. The van der Waals surface area contributed by atoms with Gasteiger partial charge in [-0.1, -0.05) is 72.6 Å². The van der Waals surface area contributed by atoms with Crippen LogP contribution in [0.3, 0.4) is 0 Å². The molecule has 0 fully saturated rings. The van der Waals surface area contributed by atoms with Crippen molar-refractivity contribution < 1.29 is 18.0 Å². The summed E-state index contributed by atoms with van der Waals surface area (Å²) in [6, 6.07) is 20.7. The van der Waals surface area contributed by atoms with Crippen molar-refractivity contribution in [1.82, 2.24) is 10.2 Å². The summed E-state index contributed by atoms with van der Waals surface area (Å²) < 4.78 is 29.1. The standard InChI is InChI=1S/C30H37N3O4S/c1-6-27(30(35)31-7-2)32(20-25-11-9-8-10-12-25)29(34)21-33(28-18-15-23(4)19-24(28)5)38(36,37)26-16-13-22(3)14-17-26/h8-19,27H,6-7,20-21H2,1-5H3,(H,31,35)/t27-/m1/s1. The van der Waals surface area contributed by atoms with Crippen LogP contribution in [0.1, 0.15) is 42.5 Å². The molecule has 202 valence electrons. The number of carbonyl (C=O) groups excluding carboxylic acids is 2. The van der Waals surface area contributed by atoms with Crippen molar-refractivity contribution in [2.24, 2.45) is 0 Å². The van der Waals surface area contributed by atoms with Gasteiger partial charge in [0, 0.05) is 13.1 Å². The topological polar surface area (TPSA) is 86.8 Å². The molecule has 0 aromatic heterocycles. The number of rotatable bonds is 11. The average Bonchev–Trinajstić information content (AvgIpc) is 2.88. The molecule has 0 aliphatic heterocycles. The smallest absolute Gasteiger partial charge is 0.264 e. The molecular weight excluding hydrogens is 498 g/mol. The molecular formula is C30H37N3O4S. The van der Waals surface area contributed by atoms with E-state index in [0.29, 0.717) is 18.7 Å². The van der Waals surface area contributed by atoms with Crippen molar-refractivity contribution >= 4 is 27.5 Å². The quantitative estimate of drug-likeness (QED) is 0.384. The fourth-order valence-electron chi connectivity index (χ4n) is 4.43. The summed E-state index contributed by atoms with van der Waals surface area (Å²) in [5.41, 5.74) is 3.93. The maximum atomic E-state index is 14.0. The number of aryl methyl sites for hydroxylation is 3. The van der Waals surface area contributed by atoms with Gasteiger partial charge in [-0.15, -0.1) is 0 Å². The summed E-state index contributed by atoms with van der Waals surface area (Å²) >= 11 is 0. The lowest BCUT2D eigenvalue weighted by Crippen LogP contribution is -2.52. The van der Waals surface area contributed by atoms with Crippen LogP contribution in [0.5, 0.6) is 0 Å². The highest BCUT2D eigenvalue weighted by Crippen LogP contribution is 2.28. The van der Waals surface area contributed by atoms with Crippen LogP contribution in [0, 0.1) is 20.8 Å². The monoisotopic (exact) mass is 535 g/mol. The first-order valence-electron chi connectivity index (χ1n) is 12.9.